The molecule has 0 spiro atoms. The topological polar surface area (TPSA) is 76.0 Å². The molecule has 0 aliphatic carbocycles. The summed E-state index contributed by atoms with van der Waals surface area (Å²) in [4.78, 5) is 0. The van der Waals surface area contributed by atoms with Crippen molar-refractivity contribution in [3.63, 3.8) is 0 Å². The van der Waals surface area contributed by atoms with Crippen LogP contribution in [0.2, 0.25) is 0 Å². The quantitative estimate of drug-likeness (QED) is 0.621. The van der Waals surface area contributed by atoms with Gasteiger partial charge in [-0.1, -0.05) is 0 Å². The van der Waals surface area contributed by atoms with Crippen molar-refractivity contribution in [1.82, 2.24) is 19.8 Å². The van der Waals surface area contributed by atoms with Gasteiger partial charge in [0.1, 0.15) is 0 Å². The molecule has 0 fully saturated rings. The summed E-state index contributed by atoms with van der Waals surface area (Å²) in [5.41, 5.74) is 1.06. The molecule has 0 aromatic carbocycles. The van der Waals surface area contributed by atoms with Gasteiger partial charge in [0.25, 0.3) is 0 Å². The highest BCUT2D eigenvalue weighted by Gasteiger charge is 1.99. The van der Waals surface area contributed by atoms with Gasteiger partial charge in [-0.05, 0) is 6.07 Å². The molecule has 1 heterocycles. The summed E-state index contributed by atoms with van der Waals surface area (Å²) < 4.78 is 25.6. The van der Waals surface area contributed by atoms with Gasteiger partial charge in [-0.15, -0.1) is 0 Å². The van der Waals surface area contributed by atoms with Gasteiger partial charge in [0.05, 0.1) is 11.9 Å². The second-order valence-electron chi connectivity index (χ2n) is 3.29. The third kappa shape index (κ3) is 4.91. The van der Waals surface area contributed by atoms with E-state index in [1.807, 2.05) is 13.1 Å². The molecule has 7 heteroatoms. The fourth-order valence-electron chi connectivity index (χ4n) is 1.12. The largest absolute Gasteiger partial charge is 0.310 e. The summed E-state index contributed by atoms with van der Waals surface area (Å²) >= 11 is 0. The highest BCUT2D eigenvalue weighted by Crippen LogP contribution is 1.93. The molecule has 0 saturated heterocycles. The van der Waals surface area contributed by atoms with Crippen LogP contribution in [-0.2, 0) is 23.6 Å². The summed E-state index contributed by atoms with van der Waals surface area (Å²) in [6.07, 6.45) is 2.87. The Balaban J connectivity index is 2.15. The van der Waals surface area contributed by atoms with Crippen LogP contribution in [0.3, 0.4) is 0 Å². The summed E-state index contributed by atoms with van der Waals surface area (Å²) in [7, 11) is -1.21. The number of hydrogen-bond acceptors (Lipinski definition) is 4. The third-order valence-corrected chi connectivity index (χ3v) is 2.62. The number of aromatic nitrogens is 2. The normalized spacial score (nSPS) is 11.9. The molecule has 2 N–H and O–H groups in total. The molecule has 0 aliphatic heterocycles. The Morgan fingerprint density at radius 1 is 1.47 bits per heavy atom. The van der Waals surface area contributed by atoms with E-state index < -0.39 is 10.0 Å². The molecule has 0 bridgehead atoms. The molecule has 0 atom stereocenters. The Morgan fingerprint density at radius 3 is 2.73 bits per heavy atom. The predicted octanol–water partition coefficient (Wildman–Crippen LogP) is -0.941. The van der Waals surface area contributed by atoms with E-state index in [4.69, 9.17) is 0 Å². The lowest BCUT2D eigenvalue weighted by atomic mass is 10.4. The molecule has 0 aliphatic rings. The van der Waals surface area contributed by atoms with E-state index in [0.29, 0.717) is 19.6 Å². The zero-order valence-corrected chi connectivity index (χ0v) is 9.71. The Labute approximate surface area is 89.7 Å². The van der Waals surface area contributed by atoms with Crippen molar-refractivity contribution < 1.29 is 8.42 Å². The van der Waals surface area contributed by atoms with E-state index >= 15 is 0 Å². The van der Waals surface area contributed by atoms with Crippen molar-refractivity contribution in [2.45, 2.75) is 6.54 Å². The Bertz CT molecular complexity index is 399. The first-order valence-corrected chi connectivity index (χ1v) is 6.50. The Kier molecular flexibility index (Phi) is 4.25. The molecule has 1 aromatic rings. The minimum atomic E-state index is -3.07. The van der Waals surface area contributed by atoms with E-state index in [1.165, 1.54) is 0 Å². The molecule has 0 saturated carbocycles. The lowest BCUT2D eigenvalue weighted by molar-refractivity contribution is 0.577. The zero-order chi connectivity index (χ0) is 11.3. The summed E-state index contributed by atoms with van der Waals surface area (Å²) in [5, 5.41) is 7.13. The van der Waals surface area contributed by atoms with Crippen molar-refractivity contribution in [2.24, 2.45) is 7.05 Å². The van der Waals surface area contributed by atoms with Crippen molar-refractivity contribution in [3.05, 3.63) is 18.0 Å². The van der Waals surface area contributed by atoms with Gasteiger partial charge >= 0.3 is 0 Å². The SMILES string of the molecule is Cn1nccc1CNCCNS(C)(=O)=O. The number of aryl methyl sites for hydroxylation is 1. The van der Waals surface area contributed by atoms with Crippen molar-refractivity contribution >= 4 is 10.0 Å². The Morgan fingerprint density at radius 2 is 2.20 bits per heavy atom. The van der Waals surface area contributed by atoms with Crippen LogP contribution in [0.15, 0.2) is 12.3 Å². The first-order valence-electron chi connectivity index (χ1n) is 4.61. The van der Waals surface area contributed by atoms with Gasteiger partial charge in [0.15, 0.2) is 0 Å². The second-order valence-corrected chi connectivity index (χ2v) is 5.12. The summed E-state index contributed by atoms with van der Waals surface area (Å²) in [6.45, 7) is 1.68. The molecule has 15 heavy (non-hydrogen) atoms. The lowest BCUT2D eigenvalue weighted by Crippen LogP contribution is -2.31. The van der Waals surface area contributed by atoms with Crippen LogP contribution in [0.5, 0.6) is 0 Å². The zero-order valence-electron chi connectivity index (χ0n) is 8.90. The average Bonchev–Trinajstić information content (AvgIpc) is 2.49. The molecule has 0 radical (unpaired) electrons. The number of hydrogen-bond donors (Lipinski definition) is 2. The molecule has 1 aromatic heterocycles. The van der Waals surface area contributed by atoms with Gasteiger partial charge in [-0.2, -0.15) is 5.10 Å². The van der Waals surface area contributed by atoms with E-state index in [-0.39, 0.29) is 0 Å². The molecule has 6 nitrogen and oxygen atoms in total. The maximum absolute atomic E-state index is 10.7. The minimum Gasteiger partial charge on any atom is -0.310 e. The molecular weight excluding hydrogens is 216 g/mol. The van der Waals surface area contributed by atoms with Crippen molar-refractivity contribution in [2.75, 3.05) is 19.3 Å². The van der Waals surface area contributed by atoms with Crippen LogP contribution in [0.25, 0.3) is 0 Å². The van der Waals surface area contributed by atoms with Crippen LogP contribution < -0.4 is 10.0 Å². The monoisotopic (exact) mass is 232 g/mol. The standard InChI is InChI=1S/C8H16N4O2S/c1-12-8(3-4-10-12)7-9-5-6-11-15(2,13)14/h3-4,9,11H,5-7H2,1-2H3. The fourth-order valence-corrected chi connectivity index (χ4v) is 1.59. The predicted molar refractivity (Wildman–Crippen MR) is 57.8 cm³/mol. The first-order chi connectivity index (χ1) is 6.99. The van der Waals surface area contributed by atoms with Crippen LogP contribution in [0, 0.1) is 0 Å². The Hall–Kier alpha value is -0.920. The maximum atomic E-state index is 10.7. The number of nitrogens with one attached hydrogen (secondary N) is 2. The summed E-state index contributed by atoms with van der Waals surface area (Å²) in [6, 6.07) is 1.91. The van der Waals surface area contributed by atoms with Crippen LogP contribution in [0.1, 0.15) is 5.69 Å². The van der Waals surface area contributed by atoms with Gasteiger partial charge in [-0.3, -0.25) is 4.68 Å². The maximum Gasteiger partial charge on any atom is 0.208 e. The lowest BCUT2D eigenvalue weighted by Gasteiger charge is -2.05. The first kappa shape index (κ1) is 12.2. The molecule has 0 unspecified atom stereocenters. The number of nitrogens with zero attached hydrogens (tertiary/aromatic N) is 2. The van der Waals surface area contributed by atoms with Gasteiger partial charge < -0.3 is 5.32 Å². The highest BCUT2D eigenvalue weighted by atomic mass is 32.2. The molecule has 0 amide bonds. The van der Waals surface area contributed by atoms with Gasteiger partial charge in [0.2, 0.25) is 10.0 Å². The highest BCUT2D eigenvalue weighted by molar-refractivity contribution is 7.88. The van der Waals surface area contributed by atoms with Crippen LogP contribution in [-0.4, -0.2) is 37.5 Å². The van der Waals surface area contributed by atoms with E-state index in [2.05, 4.69) is 15.1 Å². The van der Waals surface area contributed by atoms with Gasteiger partial charge in [0, 0.05) is 32.9 Å². The van der Waals surface area contributed by atoms with E-state index in [0.717, 1.165) is 11.9 Å². The number of rotatable bonds is 6. The van der Waals surface area contributed by atoms with Crippen LogP contribution >= 0.6 is 0 Å². The average molecular weight is 232 g/mol. The van der Waals surface area contributed by atoms with E-state index in [9.17, 15) is 8.42 Å². The molecule has 86 valence electrons. The fraction of sp³-hybridized carbons (Fsp3) is 0.625. The second kappa shape index (κ2) is 5.24. The third-order valence-electron chi connectivity index (χ3n) is 1.89. The minimum absolute atomic E-state index is 0.399. The van der Waals surface area contributed by atoms with E-state index in [1.54, 1.807) is 10.9 Å². The van der Waals surface area contributed by atoms with Crippen molar-refractivity contribution in [3.8, 4) is 0 Å². The van der Waals surface area contributed by atoms with Crippen molar-refractivity contribution in [1.29, 1.82) is 0 Å². The smallest absolute Gasteiger partial charge is 0.208 e. The van der Waals surface area contributed by atoms with Gasteiger partial charge in [-0.25, -0.2) is 13.1 Å². The summed E-state index contributed by atoms with van der Waals surface area (Å²) in [5.74, 6) is 0. The van der Waals surface area contributed by atoms with Crippen LogP contribution in [0.4, 0.5) is 0 Å². The number of sulfonamides is 1. The molecule has 1 rings (SSSR count). The molecular formula is C8H16N4O2S.